The van der Waals surface area contributed by atoms with Gasteiger partial charge in [0.2, 0.25) is 5.89 Å². The quantitative estimate of drug-likeness (QED) is 0.357. The molecular weight excluding hydrogens is 387 g/mol. The Bertz CT molecular complexity index is 1460. The molecule has 5 rings (SSSR count). The van der Waals surface area contributed by atoms with Gasteiger partial charge >= 0.3 is 29.6 Å². The Morgan fingerprint density at radius 2 is 1.61 bits per heavy atom. The molecule has 0 aliphatic rings. The third kappa shape index (κ3) is 3.01. The van der Waals surface area contributed by atoms with Gasteiger partial charge in [0.05, 0.1) is 5.52 Å². The topological polar surface area (TPSA) is 93.3 Å². The van der Waals surface area contributed by atoms with Crippen LogP contribution < -0.4 is 29.6 Å². The van der Waals surface area contributed by atoms with Crippen LogP contribution in [0.1, 0.15) is 1.43 Å². The Morgan fingerprint density at radius 3 is 2.36 bits per heavy atom. The third-order valence-corrected chi connectivity index (χ3v) is 5.41. The number of fused-ring (bicyclic) bond motifs is 4. The van der Waals surface area contributed by atoms with E-state index in [1.54, 1.807) is 36.5 Å². The van der Waals surface area contributed by atoms with E-state index >= 15 is 0 Å². The summed E-state index contributed by atoms with van der Waals surface area (Å²) in [6, 6.07) is 17.6. The fourth-order valence-corrected chi connectivity index (χ4v) is 4.05. The molecule has 0 bridgehead atoms. The van der Waals surface area contributed by atoms with Crippen LogP contribution >= 0.6 is 0 Å². The van der Waals surface area contributed by atoms with E-state index in [9.17, 15) is 13.0 Å². The molecule has 0 aliphatic heterocycles. The maximum absolute atomic E-state index is 11.8. The van der Waals surface area contributed by atoms with Crippen LogP contribution in [0.25, 0.3) is 44.2 Å². The summed E-state index contributed by atoms with van der Waals surface area (Å²) in [6.07, 6.45) is 1.67. The Kier molecular flexibility index (Phi) is 4.73. The summed E-state index contributed by atoms with van der Waals surface area (Å²) in [4.78, 5) is 8.75. The molecule has 134 valence electrons. The molecular formula is C20H13N2NaO4S. The van der Waals surface area contributed by atoms with Gasteiger partial charge < -0.3 is 5.84 Å². The van der Waals surface area contributed by atoms with Gasteiger partial charge in [-0.1, -0.05) is 42.5 Å². The summed E-state index contributed by atoms with van der Waals surface area (Å²) in [5, 5.41) is 1.87. The minimum atomic E-state index is -4.41. The smallest absolute Gasteiger partial charge is 1.00 e. The zero-order valence-electron chi connectivity index (χ0n) is 15.8. The second-order valence-electron chi connectivity index (χ2n) is 6.14. The van der Waals surface area contributed by atoms with Crippen molar-refractivity contribution in [3.63, 3.8) is 0 Å². The van der Waals surface area contributed by atoms with Crippen LogP contribution in [-0.4, -0.2) is 22.9 Å². The number of pyridine rings is 1. The summed E-state index contributed by atoms with van der Waals surface area (Å²) in [5.74, 6) is 0.362. The molecule has 0 unspecified atom stereocenters. The third-order valence-electron chi connectivity index (χ3n) is 4.52. The maximum atomic E-state index is 11.8. The van der Waals surface area contributed by atoms with Crippen molar-refractivity contribution in [1.82, 2.24) is 9.97 Å². The van der Waals surface area contributed by atoms with Crippen molar-refractivity contribution in [2.75, 3.05) is 0 Å². The van der Waals surface area contributed by atoms with Gasteiger partial charge in [-0.2, -0.15) is 8.42 Å². The first-order chi connectivity index (χ1) is 13.0. The molecule has 1 N–H and O–H groups in total. The zero-order chi connectivity index (χ0) is 18.6. The summed E-state index contributed by atoms with van der Waals surface area (Å²) in [6.45, 7) is 0. The van der Waals surface area contributed by atoms with E-state index in [4.69, 9.17) is 4.42 Å². The van der Waals surface area contributed by atoms with Gasteiger partial charge in [0.25, 0.3) is 10.1 Å². The fourth-order valence-electron chi connectivity index (χ4n) is 3.33. The molecule has 8 heteroatoms. The molecule has 0 radical (unpaired) electrons. The standard InChI is InChI=1S/C20H12N2O4S.Na.H/c23-27(24,25)18-11-17-19(14-7-2-1-6-13(14)18)22-20(26-17)15-9-10-21-16-8-4-3-5-12(15)16;;/h1-11H,(H,23,24,25);;/q;+1;-1. The molecule has 0 fully saturated rings. The number of hydrogen-bond donors (Lipinski definition) is 1. The summed E-state index contributed by atoms with van der Waals surface area (Å²) in [5.41, 5.74) is 2.39. The van der Waals surface area contributed by atoms with Gasteiger partial charge in [0.15, 0.2) is 5.58 Å². The Morgan fingerprint density at radius 1 is 0.929 bits per heavy atom. The van der Waals surface area contributed by atoms with Gasteiger partial charge in [-0.25, -0.2) is 4.98 Å². The van der Waals surface area contributed by atoms with Gasteiger partial charge in [-0.15, -0.1) is 0 Å². The normalized spacial score (nSPS) is 11.8. The average molecular weight is 400 g/mol. The number of rotatable bonds is 2. The second kappa shape index (κ2) is 6.95. The molecule has 0 saturated carbocycles. The SMILES string of the molecule is O=S(=O)(O)c1cc2oc(-c3ccnc4ccccc34)nc2c2ccccc12.[H-].[Na+]. The molecule has 0 spiro atoms. The van der Waals surface area contributed by atoms with Crippen molar-refractivity contribution in [2.45, 2.75) is 4.90 Å². The predicted molar refractivity (Wildman–Crippen MR) is 103 cm³/mol. The van der Waals surface area contributed by atoms with Crippen LogP contribution in [0.5, 0.6) is 0 Å². The van der Waals surface area contributed by atoms with E-state index in [0.29, 0.717) is 22.2 Å². The minimum absolute atomic E-state index is 0. The Balaban J connectivity index is 0.00000120. The van der Waals surface area contributed by atoms with Gasteiger partial charge in [-0.05, 0) is 12.1 Å². The number of oxazole rings is 1. The summed E-state index contributed by atoms with van der Waals surface area (Å²) < 4.78 is 39.2. The van der Waals surface area contributed by atoms with E-state index in [1.807, 2.05) is 24.3 Å². The molecule has 0 amide bonds. The van der Waals surface area contributed by atoms with E-state index in [-0.39, 0.29) is 41.5 Å². The summed E-state index contributed by atoms with van der Waals surface area (Å²) in [7, 11) is -4.41. The number of hydrogen-bond acceptors (Lipinski definition) is 5. The van der Waals surface area contributed by atoms with Gasteiger partial charge in [0.1, 0.15) is 10.4 Å². The van der Waals surface area contributed by atoms with Crippen LogP contribution in [0.3, 0.4) is 0 Å². The van der Waals surface area contributed by atoms with Crippen molar-refractivity contribution in [1.29, 1.82) is 0 Å². The Labute approximate surface area is 183 Å². The average Bonchev–Trinajstić information content (AvgIpc) is 3.10. The minimum Gasteiger partial charge on any atom is -1.00 e. The van der Waals surface area contributed by atoms with Crippen molar-refractivity contribution in [3.05, 3.63) is 66.9 Å². The zero-order valence-corrected chi connectivity index (χ0v) is 17.6. The monoisotopic (exact) mass is 400 g/mol. The van der Waals surface area contributed by atoms with Crippen molar-refractivity contribution >= 4 is 42.9 Å². The molecule has 0 atom stereocenters. The number of aromatic nitrogens is 2. The van der Waals surface area contributed by atoms with Crippen LogP contribution in [0, 0.1) is 0 Å². The van der Waals surface area contributed by atoms with E-state index in [2.05, 4.69) is 9.97 Å². The van der Waals surface area contributed by atoms with Crippen molar-refractivity contribution in [2.24, 2.45) is 0 Å². The second-order valence-corrected chi connectivity index (χ2v) is 7.53. The fraction of sp³-hybridized carbons (Fsp3) is 0. The van der Waals surface area contributed by atoms with Crippen LogP contribution in [0.4, 0.5) is 0 Å². The van der Waals surface area contributed by atoms with Crippen molar-refractivity contribution in [3.8, 4) is 11.5 Å². The molecule has 5 aromatic rings. The molecule has 2 heterocycles. The van der Waals surface area contributed by atoms with Crippen LogP contribution in [-0.2, 0) is 10.1 Å². The van der Waals surface area contributed by atoms with Crippen LogP contribution in [0.2, 0.25) is 0 Å². The van der Waals surface area contributed by atoms with Gasteiger partial charge in [-0.3, -0.25) is 9.54 Å². The van der Waals surface area contributed by atoms with E-state index < -0.39 is 10.1 Å². The molecule has 0 saturated heterocycles. The van der Waals surface area contributed by atoms with Crippen LogP contribution in [0.15, 0.2) is 76.2 Å². The number of nitrogens with zero attached hydrogens (tertiary/aromatic N) is 2. The predicted octanol–water partition coefficient (Wildman–Crippen LogP) is 1.56. The van der Waals surface area contributed by atoms with E-state index in [0.717, 1.165) is 16.5 Å². The van der Waals surface area contributed by atoms with Crippen molar-refractivity contribution < 1.29 is 48.4 Å². The molecule has 3 aromatic carbocycles. The first-order valence-electron chi connectivity index (χ1n) is 8.16. The van der Waals surface area contributed by atoms with E-state index in [1.165, 1.54) is 6.07 Å². The molecule has 2 aromatic heterocycles. The number of benzene rings is 3. The summed E-state index contributed by atoms with van der Waals surface area (Å²) >= 11 is 0. The first-order valence-corrected chi connectivity index (χ1v) is 9.60. The first kappa shape index (κ1) is 19.0. The Hall–Kier alpha value is -2.29. The number of para-hydroxylation sites is 1. The molecule has 0 aliphatic carbocycles. The largest absolute Gasteiger partial charge is 1.00 e. The van der Waals surface area contributed by atoms with Gasteiger partial charge in [0, 0.05) is 34.0 Å². The maximum Gasteiger partial charge on any atom is 1.00 e. The molecule has 28 heavy (non-hydrogen) atoms. The molecule has 6 nitrogen and oxygen atoms in total.